The summed E-state index contributed by atoms with van der Waals surface area (Å²) in [5.41, 5.74) is 5.58. The van der Waals surface area contributed by atoms with Gasteiger partial charge in [0.15, 0.2) is 0 Å². The van der Waals surface area contributed by atoms with E-state index in [0.29, 0.717) is 0 Å². The summed E-state index contributed by atoms with van der Waals surface area (Å²) in [5.74, 6) is 0.405. The normalized spacial score (nSPS) is 15.0. The van der Waals surface area contributed by atoms with Crippen molar-refractivity contribution in [3.8, 4) is 5.75 Å². The fraction of sp³-hybridized carbons (Fsp3) is 0.588. The Balaban J connectivity index is 2.62. The fourth-order valence-electron chi connectivity index (χ4n) is 2.03. The van der Waals surface area contributed by atoms with Gasteiger partial charge in [-0.15, -0.1) is 0 Å². The zero-order valence-corrected chi connectivity index (χ0v) is 13.2. The maximum absolute atomic E-state index is 11.7. The average molecular weight is 293 g/mol. The lowest BCUT2D eigenvalue weighted by atomic mass is 10.1. The minimum absolute atomic E-state index is 0.202. The number of esters is 1. The summed E-state index contributed by atoms with van der Waals surface area (Å²) >= 11 is 0. The van der Waals surface area contributed by atoms with E-state index < -0.39 is 6.04 Å². The molecule has 1 aromatic carbocycles. The van der Waals surface area contributed by atoms with Gasteiger partial charge in [0.05, 0.1) is 0 Å². The van der Waals surface area contributed by atoms with E-state index in [4.69, 9.17) is 15.2 Å². The first-order chi connectivity index (χ1) is 10.0. The lowest BCUT2D eigenvalue weighted by Crippen LogP contribution is -2.38. The van der Waals surface area contributed by atoms with E-state index in [0.717, 1.165) is 31.4 Å². The van der Waals surface area contributed by atoms with Crippen molar-refractivity contribution < 1.29 is 14.3 Å². The van der Waals surface area contributed by atoms with E-state index in [1.807, 2.05) is 37.3 Å². The molecule has 1 rings (SSSR count). The molecule has 2 N–H and O–H groups in total. The Morgan fingerprint density at radius 2 is 1.86 bits per heavy atom. The molecule has 0 radical (unpaired) electrons. The predicted octanol–water partition coefficient (Wildman–Crippen LogP) is 3.29. The molecule has 0 aliphatic rings. The molecule has 4 heteroatoms. The number of ether oxygens (including phenoxy) is 2. The van der Waals surface area contributed by atoms with Gasteiger partial charge in [-0.25, -0.2) is 0 Å². The van der Waals surface area contributed by atoms with Crippen molar-refractivity contribution in [2.75, 3.05) is 0 Å². The van der Waals surface area contributed by atoms with Crippen LogP contribution in [0.5, 0.6) is 5.75 Å². The minimum Gasteiger partial charge on any atom is -0.487 e. The molecule has 4 nitrogen and oxygen atoms in total. The second-order valence-corrected chi connectivity index (χ2v) is 5.40. The fourth-order valence-corrected chi connectivity index (χ4v) is 2.03. The van der Waals surface area contributed by atoms with Crippen LogP contribution in [0.1, 0.15) is 46.5 Å². The van der Waals surface area contributed by atoms with Gasteiger partial charge in [-0.05, 0) is 38.8 Å². The molecule has 21 heavy (non-hydrogen) atoms. The van der Waals surface area contributed by atoms with E-state index in [9.17, 15) is 4.79 Å². The number of hydrogen-bond acceptors (Lipinski definition) is 4. The number of nitrogens with two attached hydrogens (primary N) is 1. The average Bonchev–Trinajstić information content (AvgIpc) is 2.47. The molecular formula is C17H27NO3. The highest BCUT2D eigenvalue weighted by Crippen LogP contribution is 2.18. The van der Waals surface area contributed by atoms with Gasteiger partial charge in [0, 0.05) is 0 Å². The highest BCUT2D eigenvalue weighted by Gasteiger charge is 2.24. The number of benzene rings is 1. The molecule has 0 spiro atoms. The van der Waals surface area contributed by atoms with Crippen molar-refractivity contribution in [2.24, 2.45) is 5.73 Å². The van der Waals surface area contributed by atoms with Crippen molar-refractivity contribution in [1.29, 1.82) is 0 Å². The van der Waals surface area contributed by atoms with Gasteiger partial charge in [0.2, 0.25) is 0 Å². The zero-order chi connectivity index (χ0) is 15.7. The van der Waals surface area contributed by atoms with Crippen LogP contribution >= 0.6 is 0 Å². The molecule has 0 saturated carbocycles. The van der Waals surface area contributed by atoms with Crippen molar-refractivity contribution in [2.45, 2.75) is 64.7 Å². The molecule has 0 aliphatic heterocycles. The van der Waals surface area contributed by atoms with Crippen LogP contribution in [-0.4, -0.2) is 24.2 Å². The molecule has 1 aromatic rings. The molecule has 0 bridgehead atoms. The summed E-state index contributed by atoms with van der Waals surface area (Å²) < 4.78 is 11.4. The van der Waals surface area contributed by atoms with Crippen molar-refractivity contribution in [3.05, 3.63) is 30.3 Å². The highest BCUT2D eigenvalue weighted by molar-refractivity contribution is 5.75. The number of carbonyl (C=O) groups is 1. The van der Waals surface area contributed by atoms with Crippen LogP contribution in [0.3, 0.4) is 0 Å². The van der Waals surface area contributed by atoms with E-state index in [1.165, 1.54) is 0 Å². The van der Waals surface area contributed by atoms with Crippen LogP contribution < -0.4 is 10.5 Å². The molecule has 0 amide bonds. The summed E-state index contributed by atoms with van der Waals surface area (Å²) in [7, 11) is 0. The maximum Gasteiger partial charge on any atom is 0.323 e. The second-order valence-electron chi connectivity index (χ2n) is 5.40. The van der Waals surface area contributed by atoms with Crippen LogP contribution in [0.15, 0.2) is 30.3 Å². The monoisotopic (exact) mass is 293 g/mol. The van der Waals surface area contributed by atoms with Crippen molar-refractivity contribution >= 4 is 5.97 Å². The summed E-state index contributed by atoms with van der Waals surface area (Å²) in [6, 6.07) is 8.96. The van der Waals surface area contributed by atoms with Crippen LogP contribution in [0.4, 0.5) is 0 Å². The zero-order valence-electron chi connectivity index (χ0n) is 13.2. The molecule has 0 saturated heterocycles. The Kier molecular flexibility index (Phi) is 7.83. The molecule has 0 unspecified atom stereocenters. The van der Waals surface area contributed by atoms with Gasteiger partial charge < -0.3 is 15.2 Å². The molecule has 3 atom stereocenters. The number of hydrogen-bond donors (Lipinski definition) is 1. The van der Waals surface area contributed by atoms with Crippen molar-refractivity contribution in [1.82, 2.24) is 0 Å². The van der Waals surface area contributed by atoms with Gasteiger partial charge in [-0.3, -0.25) is 4.79 Å². The van der Waals surface area contributed by atoms with E-state index in [1.54, 1.807) is 6.92 Å². The summed E-state index contributed by atoms with van der Waals surface area (Å²) in [6.07, 6.45) is 3.57. The third-order valence-corrected chi connectivity index (χ3v) is 3.32. The topological polar surface area (TPSA) is 61.5 Å². The Bertz CT molecular complexity index is 406. The third-order valence-electron chi connectivity index (χ3n) is 3.32. The first-order valence-corrected chi connectivity index (χ1v) is 7.72. The second kappa shape index (κ2) is 9.40. The summed E-state index contributed by atoms with van der Waals surface area (Å²) in [4.78, 5) is 11.7. The molecule has 0 aromatic heterocycles. The molecule has 0 fully saturated rings. The maximum atomic E-state index is 11.7. The van der Waals surface area contributed by atoms with Crippen LogP contribution in [0, 0.1) is 0 Å². The highest BCUT2D eigenvalue weighted by atomic mass is 16.6. The van der Waals surface area contributed by atoms with Gasteiger partial charge in [0.1, 0.15) is 24.0 Å². The lowest BCUT2D eigenvalue weighted by Gasteiger charge is -2.25. The van der Waals surface area contributed by atoms with E-state index in [2.05, 4.69) is 6.92 Å². The molecular weight excluding hydrogens is 266 g/mol. The molecule has 0 aliphatic carbocycles. The standard InChI is InChI=1S/C17H27NO3/c1-4-5-7-12-16(21-17(19)13(2)18)14(3)20-15-10-8-6-9-11-15/h6,8-11,13-14,16H,4-5,7,12,18H2,1-3H3/t13-,14+,16+/m0/s1. The quantitative estimate of drug-likeness (QED) is 0.560. The first-order valence-electron chi connectivity index (χ1n) is 7.72. The van der Waals surface area contributed by atoms with E-state index in [-0.39, 0.29) is 18.2 Å². The Hall–Kier alpha value is -1.55. The SMILES string of the molecule is CCCCC[C@@H](OC(=O)[C@H](C)N)[C@@H](C)Oc1ccccc1. The number of rotatable bonds is 9. The Morgan fingerprint density at radius 3 is 2.43 bits per heavy atom. The van der Waals surface area contributed by atoms with Gasteiger partial charge in [0.25, 0.3) is 0 Å². The third kappa shape index (κ3) is 6.63. The molecule has 0 heterocycles. The Morgan fingerprint density at radius 1 is 1.19 bits per heavy atom. The first kappa shape index (κ1) is 17.5. The molecule has 118 valence electrons. The van der Waals surface area contributed by atoms with Crippen LogP contribution in [-0.2, 0) is 9.53 Å². The Labute approximate surface area is 127 Å². The smallest absolute Gasteiger partial charge is 0.323 e. The van der Waals surface area contributed by atoms with Crippen LogP contribution in [0.2, 0.25) is 0 Å². The van der Waals surface area contributed by atoms with Gasteiger partial charge >= 0.3 is 5.97 Å². The number of para-hydroxylation sites is 1. The van der Waals surface area contributed by atoms with E-state index >= 15 is 0 Å². The van der Waals surface area contributed by atoms with Crippen LogP contribution in [0.25, 0.3) is 0 Å². The van der Waals surface area contributed by atoms with Gasteiger partial charge in [-0.2, -0.15) is 0 Å². The largest absolute Gasteiger partial charge is 0.487 e. The van der Waals surface area contributed by atoms with Crippen molar-refractivity contribution in [3.63, 3.8) is 0 Å². The predicted molar refractivity (Wildman–Crippen MR) is 84.2 cm³/mol. The lowest BCUT2D eigenvalue weighted by molar-refractivity contribution is -0.155. The number of carbonyl (C=O) groups excluding carboxylic acids is 1. The number of unbranched alkanes of at least 4 members (excludes halogenated alkanes) is 2. The minimum atomic E-state index is -0.609. The summed E-state index contributed by atoms with van der Waals surface area (Å²) in [5, 5.41) is 0. The van der Waals surface area contributed by atoms with Gasteiger partial charge in [-0.1, -0.05) is 38.0 Å². The summed E-state index contributed by atoms with van der Waals surface area (Å²) in [6.45, 7) is 5.71.